The molecule has 1 aromatic rings. The topological polar surface area (TPSA) is 105 Å². The molecule has 3 N–H and O–H groups in total. The van der Waals surface area contributed by atoms with Gasteiger partial charge in [-0.1, -0.05) is 6.07 Å². The minimum absolute atomic E-state index is 0.116. The number of benzene rings is 1. The second-order valence-electron chi connectivity index (χ2n) is 7.91. The van der Waals surface area contributed by atoms with Crippen molar-refractivity contribution in [2.45, 2.75) is 66.0 Å². The highest BCUT2D eigenvalue weighted by atomic mass is 16.5. The second-order valence-corrected chi connectivity index (χ2v) is 7.91. The Morgan fingerprint density at radius 3 is 2.39 bits per heavy atom. The van der Waals surface area contributed by atoms with Crippen LogP contribution in [-0.4, -0.2) is 36.0 Å². The second kappa shape index (κ2) is 10.8. The van der Waals surface area contributed by atoms with Crippen molar-refractivity contribution in [2.75, 3.05) is 12.4 Å². The van der Waals surface area contributed by atoms with Gasteiger partial charge in [-0.2, -0.15) is 0 Å². The van der Waals surface area contributed by atoms with Gasteiger partial charge in [0.05, 0.1) is 11.5 Å². The number of ether oxygens (including phenoxy) is 1. The molecule has 0 bridgehead atoms. The molecule has 28 heavy (non-hydrogen) atoms. The Kier molecular flexibility index (Phi) is 9.12. The number of aryl methyl sites for hydroxylation is 1. The molecule has 1 amide bonds. The molecule has 0 fully saturated rings. The van der Waals surface area contributed by atoms with Crippen LogP contribution in [0.15, 0.2) is 18.2 Å². The lowest BCUT2D eigenvalue weighted by molar-refractivity contribution is -0.154. The first kappa shape index (κ1) is 23.6. The first-order valence-electron chi connectivity index (χ1n) is 9.53. The van der Waals surface area contributed by atoms with Gasteiger partial charge in [0.1, 0.15) is 6.61 Å². The van der Waals surface area contributed by atoms with Crippen LogP contribution in [0, 0.1) is 5.41 Å². The highest BCUT2D eigenvalue weighted by Gasteiger charge is 2.23. The monoisotopic (exact) mass is 392 g/mol. The summed E-state index contributed by atoms with van der Waals surface area (Å²) in [7, 11) is 1.71. The van der Waals surface area contributed by atoms with E-state index in [0.29, 0.717) is 24.9 Å². The number of carboxylic acid groups (broad SMARTS) is 1. The van der Waals surface area contributed by atoms with Crippen LogP contribution in [-0.2, 0) is 32.1 Å². The number of amides is 1. The van der Waals surface area contributed by atoms with E-state index in [4.69, 9.17) is 9.84 Å². The van der Waals surface area contributed by atoms with Crippen LogP contribution in [0.25, 0.3) is 0 Å². The van der Waals surface area contributed by atoms with Crippen molar-refractivity contribution in [3.8, 4) is 0 Å². The van der Waals surface area contributed by atoms with Gasteiger partial charge >= 0.3 is 11.9 Å². The number of carbonyl (C=O) groups is 3. The summed E-state index contributed by atoms with van der Waals surface area (Å²) in [5.74, 6) is -1.25. The number of esters is 1. The van der Waals surface area contributed by atoms with Gasteiger partial charge in [-0.05, 0) is 77.3 Å². The molecule has 156 valence electrons. The molecule has 0 heterocycles. The van der Waals surface area contributed by atoms with E-state index in [1.807, 2.05) is 12.1 Å². The molecule has 7 heteroatoms. The zero-order valence-corrected chi connectivity index (χ0v) is 17.4. The Hall–Kier alpha value is -2.41. The number of aliphatic carboxylic acids is 1. The van der Waals surface area contributed by atoms with E-state index in [1.165, 1.54) is 0 Å². The predicted octanol–water partition coefficient (Wildman–Crippen LogP) is 3.12. The quantitative estimate of drug-likeness (QED) is 0.417. The van der Waals surface area contributed by atoms with Crippen molar-refractivity contribution < 1.29 is 24.2 Å². The van der Waals surface area contributed by atoms with Gasteiger partial charge in [0.2, 0.25) is 5.91 Å². The molecule has 0 aliphatic heterocycles. The van der Waals surface area contributed by atoms with E-state index >= 15 is 0 Å². The minimum Gasteiger partial charge on any atom is -0.481 e. The van der Waals surface area contributed by atoms with E-state index in [0.717, 1.165) is 11.1 Å². The number of likely N-dealkylation sites (N-methyl/N-ethyl adjacent to an activating group) is 1. The zero-order valence-electron chi connectivity index (χ0n) is 17.4. The lowest BCUT2D eigenvalue weighted by atomic mass is 9.97. The molecule has 1 rings (SSSR count). The molecular weight excluding hydrogens is 360 g/mol. The summed E-state index contributed by atoms with van der Waals surface area (Å²) in [6.07, 6.45) is 2.01. The van der Waals surface area contributed by atoms with Crippen LogP contribution in [0.5, 0.6) is 0 Å². The highest BCUT2D eigenvalue weighted by Crippen LogP contribution is 2.22. The zero-order chi connectivity index (χ0) is 21.3. The Morgan fingerprint density at radius 1 is 1.14 bits per heavy atom. The van der Waals surface area contributed by atoms with Crippen molar-refractivity contribution in [1.82, 2.24) is 5.32 Å². The average Bonchev–Trinajstić information content (AvgIpc) is 2.62. The summed E-state index contributed by atoms with van der Waals surface area (Å²) in [4.78, 5) is 34.9. The third kappa shape index (κ3) is 8.08. The van der Waals surface area contributed by atoms with Crippen molar-refractivity contribution >= 4 is 23.5 Å². The summed E-state index contributed by atoms with van der Waals surface area (Å²) in [6, 6.07) is 5.15. The van der Waals surface area contributed by atoms with Gasteiger partial charge in [-0.15, -0.1) is 0 Å². The van der Waals surface area contributed by atoms with Crippen molar-refractivity contribution in [1.29, 1.82) is 0 Å². The summed E-state index contributed by atoms with van der Waals surface area (Å²) in [5, 5.41) is 14.5. The Labute approximate surface area is 166 Å². The van der Waals surface area contributed by atoms with E-state index in [2.05, 4.69) is 10.6 Å². The van der Waals surface area contributed by atoms with E-state index in [-0.39, 0.29) is 30.9 Å². The molecular formula is C21H32N2O5. The van der Waals surface area contributed by atoms with Crippen LogP contribution in [0.3, 0.4) is 0 Å². The molecule has 0 saturated heterocycles. The number of rotatable bonds is 10. The summed E-state index contributed by atoms with van der Waals surface area (Å²) < 4.78 is 5.42. The molecule has 1 aromatic carbocycles. The minimum atomic E-state index is -0.818. The van der Waals surface area contributed by atoms with Gasteiger partial charge in [-0.3, -0.25) is 14.4 Å². The van der Waals surface area contributed by atoms with Gasteiger partial charge in [0.15, 0.2) is 0 Å². The normalized spacial score (nSPS) is 12.3. The molecule has 0 spiro atoms. The van der Waals surface area contributed by atoms with Crippen LogP contribution in [0.4, 0.5) is 5.69 Å². The standard InChI is InChI=1S/C21H32N2O5/c1-14(22-5)19(26)23-17-11-10-16(13-28-20(27)21(2,3)4)15(12-17)8-6-7-9-18(24)25/h10-12,14,22H,6-9,13H2,1-5H3,(H,23,26)(H,24,25). The average molecular weight is 392 g/mol. The summed E-state index contributed by atoms with van der Waals surface area (Å²) in [5.41, 5.74) is 1.86. The fourth-order valence-electron chi connectivity index (χ4n) is 2.41. The Morgan fingerprint density at radius 2 is 1.82 bits per heavy atom. The molecule has 1 atom stereocenters. The lowest BCUT2D eigenvalue weighted by Crippen LogP contribution is -2.35. The van der Waals surface area contributed by atoms with Gasteiger partial charge in [0.25, 0.3) is 0 Å². The smallest absolute Gasteiger partial charge is 0.311 e. The number of nitrogens with one attached hydrogen (secondary N) is 2. The first-order valence-corrected chi connectivity index (χ1v) is 9.53. The molecule has 0 saturated carbocycles. The van der Waals surface area contributed by atoms with E-state index in [9.17, 15) is 14.4 Å². The Balaban J connectivity index is 2.91. The number of hydrogen-bond donors (Lipinski definition) is 3. The summed E-state index contributed by atoms with van der Waals surface area (Å²) in [6.45, 7) is 7.30. The lowest BCUT2D eigenvalue weighted by Gasteiger charge is -2.18. The molecule has 0 aromatic heterocycles. The highest BCUT2D eigenvalue weighted by molar-refractivity contribution is 5.94. The van der Waals surface area contributed by atoms with Crippen molar-refractivity contribution in [3.63, 3.8) is 0 Å². The van der Waals surface area contributed by atoms with Crippen LogP contribution < -0.4 is 10.6 Å². The fourth-order valence-corrected chi connectivity index (χ4v) is 2.41. The van der Waals surface area contributed by atoms with Crippen molar-refractivity contribution in [2.24, 2.45) is 5.41 Å². The molecule has 0 aliphatic rings. The van der Waals surface area contributed by atoms with E-state index in [1.54, 1.807) is 40.8 Å². The number of hydrogen-bond acceptors (Lipinski definition) is 5. The maximum Gasteiger partial charge on any atom is 0.311 e. The number of anilines is 1. The predicted molar refractivity (Wildman–Crippen MR) is 108 cm³/mol. The molecule has 0 radical (unpaired) electrons. The molecule has 0 aliphatic carbocycles. The third-order valence-electron chi connectivity index (χ3n) is 4.36. The first-order chi connectivity index (χ1) is 13.0. The van der Waals surface area contributed by atoms with Crippen LogP contribution in [0.1, 0.15) is 58.1 Å². The van der Waals surface area contributed by atoms with Gasteiger partial charge in [-0.25, -0.2) is 0 Å². The summed E-state index contributed by atoms with van der Waals surface area (Å²) >= 11 is 0. The number of carbonyl (C=O) groups excluding carboxylic acids is 2. The SMILES string of the molecule is CNC(C)C(=O)Nc1ccc(COC(=O)C(C)(C)C)c(CCCCC(=O)O)c1. The van der Waals surface area contributed by atoms with Crippen LogP contribution in [0.2, 0.25) is 0 Å². The number of unbranched alkanes of at least 4 members (excludes halogenated alkanes) is 1. The fraction of sp³-hybridized carbons (Fsp3) is 0.571. The van der Waals surface area contributed by atoms with Gasteiger partial charge in [0, 0.05) is 12.1 Å². The number of carboxylic acids is 1. The maximum absolute atomic E-state index is 12.1. The van der Waals surface area contributed by atoms with E-state index < -0.39 is 11.4 Å². The van der Waals surface area contributed by atoms with Crippen LogP contribution >= 0.6 is 0 Å². The maximum atomic E-state index is 12.1. The molecule has 7 nitrogen and oxygen atoms in total. The van der Waals surface area contributed by atoms with Crippen molar-refractivity contribution in [3.05, 3.63) is 29.3 Å². The third-order valence-corrected chi connectivity index (χ3v) is 4.36. The van der Waals surface area contributed by atoms with Gasteiger partial charge < -0.3 is 20.5 Å². The Bertz CT molecular complexity index is 695. The molecule has 1 unspecified atom stereocenters. The largest absolute Gasteiger partial charge is 0.481 e.